The van der Waals surface area contributed by atoms with Crippen LogP contribution in [0.4, 0.5) is 0 Å². The van der Waals surface area contributed by atoms with Gasteiger partial charge in [0.25, 0.3) is 0 Å². The Labute approximate surface area is 82.3 Å². The Kier molecular flexibility index (Phi) is 8.46. The second kappa shape index (κ2) is 8.52. The zero-order valence-electron chi connectivity index (χ0n) is 9.25. The van der Waals surface area contributed by atoms with E-state index in [1.807, 2.05) is 0 Å². The number of rotatable bonds is 8. The van der Waals surface area contributed by atoms with Gasteiger partial charge in [0.15, 0.2) is 0 Å². The first-order valence-electron chi connectivity index (χ1n) is 5.39. The maximum Gasteiger partial charge on any atom is 0.0469 e. The van der Waals surface area contributed by atoms with Crippen molar-refractivity contribution in [1.29, 1.82) is 0 Å². The first-order valence-corrected chi connectivity index (χ1v) is 5.39. The molecule has 0 aromatic rings. The van der Waals surface area contributed by atoms with Crippen LogP contribution in [-0.2, 0) is 4.74 Å². The number of ether oxygens (including phenoxy) is 1. The molecule has 0 aromatic carbocycles. The molecule has 2 nitrogen and oxygen atoms in total. The average Bonchev–Trinajstić information content (AvgIpc) is 2.11. The van der Waals surface area contributed by atoms with Crippen molar-refractivity contribution in [2.45, 2.75) is 40.0 Å². The summed E-state index contributed by atoms with van der Waals surface area (Å²) in [5, 5.41) is 8.92. The molecule has 0 aromatic heterocycles. The molecule has 80 valence electrons. The average molecular weight is 188 g/mol. The third kappa shape index (κ3) is 8.26. The molecule has 1 atom stereocenters. The van der Waals surface area contributed by atoms with Crippen molar-refractivity contribution >= 4 is 0 Å². The second-order valence-corrected chi connectivity index (χ2v) is 4.04. The summed E-state index contributed by atoms with van der Waals surface area (Å²) in [4.78, 5) is 0. The number of hydrogen-bond acceptors (Lipinski definition) is 2. The van der Waals surface area contributed by atoms with Crippen LogP contribution in [-0.4, -0.2) is 24.9 Å². The molecule has 0 fully saturated rings. The molecule has 2 heteroatoms. The smallest absolute Gasteiger partial charge is 0.0469 e. The fraction of sp³-hybridized carbons (Fsp3) is 1.00. The number of aliphatic hydroxyl groups excluding tert-OH is 1. The Hall–Kier alpha value is -0.0800. The third-order valence-electron chi connectivity index (χ3n) is 2.35. The summed E-state index contributed by atoms with van der Waals surface area (Å²) in [7, 11) is 0. The van der Waals surface area contributed by atoms with Gasteiger partial charge in [-0.25, -0.2) is 0 Å². The van der Waals surface area contributed by atoms with Crippen LogP contribution in [0.2, 0.25) is 0 Å². The number of aliphatic hydroxyl groups is 1. The van der Waals surface area contributed by atoms with E-state index >= 15 is 0 Å². The molecule has 0 saturated heterocycles. The van der Waals surface area contributed by atoms with Crippen molar-refractivity contribution < 1.29 is 9.84 Å². The van der Waals surface area contributed by atoms with Crippen molar-refractivity contribution in [1.82, 2.24) is 0 Å². The second-order valence-electron chi connectivity index (χ2n) is 4.04. The van der Waals surface area contributed by atoms with Gasteiger partial charge >= 0.3 is 0 Å². The molecular weight excluding hydrogens is 164 g/mol. The van der Waals surface area contributed by atoms with Gasteiger partial charge in [-0.2, -0.15) is 0 Å². The Bertz CT molecular complexity index is 98.3. The maximum absolute atomic E-state index is 8.92. The van der Waals surface area contributed by atoms with Gasteiger partial charge in [0.05, 0.1) is 0 Å². The van der Waals surface area contributed by atoms with Crippen LogP contribution in [0.25, 0.3) is 0 Å². The normalized spacial score (nSPS) is 13.6. The molecule has 13 heavy (non-hydrogen) atoms. The molecule has 0 amide bonds. The Morgan fingerprint density at radius 2 is 1.77 bits per heavy atom. The summed E-state index contributed by atoms with van der Waals surface area (Å²) in [6.07, 6.45) is 3.17. The van der Waals surface area contributed by atoms with E-state index in [-0.39, 0.29) is 0 Å². The fourth-order valence-corrected chi connectivity index (χ4v) is 1.10. The topological polar surface area (TPSA) is 29.5 Å². The van der Waals surface area contributed by atoms with E-state index in [2.05, 4.69) is 20.8 Å². The SMILES string of the molecule is CCC(CO)CCOCCC(C)C. The van der Waals surface area contributed by atoms with Gasteiger partial charge in [-0.05, 0) is 24.7 Å². The van der Waals surface area contributed by atoms with Crippen LogP contribution >= 0.6 is 0 Å². The van der Waals surface area contributed by atoms with Gasteiger partial charge in [-0.1, -0.05) is 27.2 Å². The van der Waals surface area contributed by atoms with Crippen LogP contribution in [0.15, 0.2) is 0 Å². The number of hydrogen-bond donors (Lipinski definition) is 1. The minimum Gasteiger partial charge on any atom is -0.396 e. The van der Waals surface area contributed by atoms with Gasteiger partial charge in [0.2, 0.25) is 0 Å². The lowest BCUT2D eigenvalue weighted by atomic mass is 10.0. The van der Waals surface area contributed by atoms with E-state index in [1.54, 1.807) is 0 Å². The van der Waals surface area contributed by atoms with Crippen LogP contribution in [0.5, 0.6) is 0 Å². The predicted molar refractivity (Wildman–Crippen MR) is 55.8 cm³/mol. The summed E-state index contributed by atoms with van der Waals surface area (Å²) in [6.45, 7) is 8.46. The summed E-state index contributed by atoms with van der Waals surface area (Å²) in [5.41, 5.74) is 0. The van der Waals surface area contributed by atoms with E-state index in [0.717, 1.165) is 38.4 Å². The van der Waals surface area contributed by atoms with E-state index in [1.165, 1.54) is 0 Å². The summed E-state index contributed by atoms with van der Waals surface area (Å²) in [6, 6.07) is 0. The lowest BCUT2D eigenvalue weighted by molar-refractivity contribution is 0.0976. The standard InChI is InChI=1S/C11H24O2/c1-4-11(9-12)6-8-13-7-5-10(2)3/h10-12H,4-9H2,1-3H3. The Morgan fingerprint density at radius 1 is 1.15 bits per heavy atom. The molecule has 0 saturated carbocycles. The largest absolute Gasteiger partial charge is 0.396 e. The maximum atomic E-state index is 8.92. The highest BCUT2D eigenvalue weighted by Gasteiger charge is 2.03. The first-order chi connectivity index (χ1) is 6.20. The van der Waals surface area contributed by atoms with E-state index in [9.17, 15) is 0 Å². The minimum absolute atomic E-state index is 0.296. The molecule has 0 aliphatic carbocycles. The third-order valence-corrected chi connectivity index (χ3v) is 2.35. The molecule has 0 bridgehead atoms. The van der Waals surface area contributed by atoms with Gasteiger partial charge < -0.3 is 9.84 Å². The van der Waals surface area contributed by atoms with Crippen LogP contribution in [0, 0.1) is 11.8 Å². The van der Waals surface area contributed by atoms with Gasteiger partial charge in [-0.15, -0.1) is 0 Å². The van der Waals surface area contributed by atoms with Crippen molar-refractivity contribution in [3.8, 4) is 0 Å². The molecule has 0 radical (unpaired) electrons. The zero-order valence-corrected chi connectivity index (χ0v) is 9.25. The molecule has 1 N–H and O–H groups in total. The van der Waals surface area contributed by atoms with Crippen molar-refractivity contribution in [3.63, 3.8) is 0 Å². The van der Waals surface area contributed by atoms with Gasteiger partial charge in [0, 0.05) is 19.8 Å². The molecule has 1 unspecified atom stereocenters. The van der Waals surface area contributed by atoms with Crippen LogP contribution in [0.1, 0.15) is 40.0 Å². The van der Waals surface area contributed by atoms with Crippen molar-refractivity contribution in [2.24, 2.45) is 11.8 Å². The van der Waals surface area contributed by atoms with E-state index in [0.29, 0.717) is 12.5 Å². The molecule has 0 aliphatic heterocycles. The zero-order chi connectivity index (χ0) is 10.1. The quantitative estimate of drug-likeness (QED) is 0.593. The van der Waals surface area contributed by atoms with Gasteiger partial charge in [-0.3, -0.25) is 0 Å². The van der Waals surface area contributed by atoms with Crippen molar-refractivity contribution in [3.05, 3.63) is 0 Å². The Morgan fingerprint density at radius 3 is 2.23 bits per heavy atom. The molecular formula is C11H24O2. The molecule has 0 rings (SSSR count). The van der Waals surface area contributed by atoms with E-state index in [4.69, 9.17) is 9.84 Å². The monoisotopic (exact) mass is 188 g/mol. The highest BCUT2D eigenvalue weighted by molar-refractivity contribution is 4.54. The predicted octanol–water partition coefficient (Wildman–Crippen LogP) is 2.46. The lowest BCUT2D eigenvalue weighted by Gasteiger charge is -2.11. The first kappa shape index (κ1) is 12.9. The highest BCUT2D eigenvalue weighted by Crippen LogP contribution is 2.07. The summed E-state index contributed by atoms with van der Waals surface area (Å²) >= 11 is 0. The van der Waals surface area contributed by atoms with Crippen LogP contribution < -0.4 is 0 Å². The summed E-state index contributed by atoms with van der Waals surface area (Å²) in [5.74, 6) is 1.15. The van der Waals surface area contributed by atoms with E-state index < -0.39 is 0 Å². The lowest BCUT2D eigenvalue weighted by Crippen LogP contribution is -2.09. The fourth-order valence-electron chi connectivity index (χ4n) is 1.10. The molecule has 0 heterocycles. The molecule has 0 aliphatic rings. The highest BCUT2D eigenvalue weighted by atomic mass is 16.5. The summed E-state index contributed by atoms with van der Waals surface area (Å²) < 4.78 is 5.47. The minimum atomic E-state index is 0.296. The van der Waals surface area contributed by atoms with Gasteiger partial charge in [0.1, 0.15) is 0 Å². The van der Waals surface area contributed by atoms with Crippen LogP contribution in [0.3, 0.4) is 0 Å². The molecule has 0 spiro atoms. The Balaban J connectivity index is 3.14. The van der Waals surface area contributed by atoms with Crippen molar-refractivity contribution in [2.75, 3.05) is 19.8 Å².